The summed E-state index contributed by atoms with van der Waals surface area (Å²) < 4.78 is 24.2. The largest absolute Gasteiger partial charge is 0.755 e. The highest BCUT2D eigenvalue weighted by Gasteiger charge is 2.46. The van der Waals surface area contributed by atoms with E-state index in [1.54, 1.807) is 30.3 Å². The molecule has 5 nitrogen and oxygen atoms in total. The normalized spacial score (nSPS) is 19.6. The van der Waals surface area contributed by atoms with Crippen LogP contribution in [0.25, 0.3) is 0 Å². The molecule has 1 aromatic rings. The number of hydrogen-bond acceptors (Lipinski definition) is 3. The van der Waals surface area contributed by atoms with E-state index in [0.29, 0.717) is 18.5 Å². The average Bonchev–Trinajstić information content (AvgIpc) is 2.40. The van der Waals surface area contributed by atoms with Crippen LogP contribution in [0, 0.1) is 0 Å². The molecule has 0 saturated heterocycles. The predicted octanol–water partition coefficient (Wildman–Crippen LogP) is 2.07. The van der Waals surface area contributed by atoms with E-state index in [1.807, 2.05) is 0 Å². The van der Waals surface area contributed by atoms with Crippen LogP contribution in [0.2, 0.25) is 0 Å². The number of nitrogens with zero attached hydrogens (tertiary/aromatic N) is 1. The lowest BCUT2D eigenvalue weighted by Gasteiger charge is -2.44. The fraction of sp³-hybridized carbons (Fsp3) is 0.462. The van der Waals surface area contributed by atoms with E-state index in [1.165, 1.54) is 0 Å². The van der Waals surface area contributed by atoms with Crippen molar-refractivity contribution in [3.05, 3.63) is 30.3 Å². The summed E-state index contributed by atoms with van der Waals surface area (Å²) >= 11 is -2.61. The van der Waals surface area contributed by atoms with Crippen LogP contribution in [0.5, 0.6) is 0 Å². The van der Waals surface area contributed by atoms with Crippen molar-refractivity contribution in [1.82, 2.24) is 0 Å². The highest BCUT2D eigenvalue weighted by Crippen LogP contribution is 2.37. The molecule has 19 heavy (non-hydrogen) atoms. The summed E-state index contributed by atoms with van der Waals surface area (Å²) in [6.07, 6.45) is 3.11. The topological polar surface area (TPSA) is 80.7 Å². The highest BCUT2D eigenvalue weighted by atomic mass is 32.2. The Kier molecular flexibility index (Phi) is 4.21. The maximum atomic E-state index is 11.7. The van der Waals surface area contributed by atoms with Gasteiger partial charge in [0.2, 0.25) is 0 Å². The lowest BCUT2D eigenvalue weighted by molar-refractivity contribution is -0.144. The van der Waals surface area contributed by atoms with Gasteiger partial charge in [-0.15, -0.1) is 0 Å². The first kappa shape index (κ1) is 14.0. The van der Waals surface area contributed by atoms with E-state index in [9.17, 15) is 18.7 Å². The number of carbonyl (C=O) groups is 1. The van der Waals surface area contributed by atoms with Crippen molar-refractivity contribution in [2.45, 2.75) is 37.6 Å². The number of benzene rings is 1. The van der Waals surface area contributed by atoms with Crippen molar-refractivity contribution < 1.29 is 18.7 Å². The third kappa shape index (κ3) is 2.64. The Balaban J connectivity index is 2.47. The van der Waals surface area contributed by atoms with Gasteiger partial charge in [0.05, 0.1) is 0 Å². The van der Waals surface area contributed by atoms with Crippen LogP contribution in [-0.2, 0) is 16.1 Å². The quantitative estimate of drug-likeness (QED) is 0.857. The maximum Gasteiger partial charge on any atom is 0.330 e. The minimum absolute atomic E-state index is 0.352. The van der Waals surface area contributed by atoms with Gasteiger partial charge in [0.15, 0.2) is 0 Å². The molecule has 1 aliphatic rings. The van der Waals surface area contributed by atoms with Crippen LogP contribution < -0.4 is 4.31 Å². The number of carboxylic acid groups (broad SMARTS) is 1. The zero-order chi connectivity index (χ0) is 13.9. The first-order chi connectivity index (χ1) is 9.08. The van der Waals surface area contributed by atoms with Gasteiger partial charge in [-0.2, -0.15) is 0 Å². The molecule has 6 heteroatoms. The number of anilines is 1. The van der Waals surface area contributed by atoms with Gasteiger partial charge in [-0.1, -0.05) is 37.5 Å². The van der Waals surface area contributed by atoms with Crippen LogP contribution in [-0.4, -0.2) is 25.4 Å². The number of aliphatic carboxylic acids is 1. The summed E-state index contributed by atoms with van der Waals surface area (Å²) in [4.78, 5) is 11.7. The molecule has 0 spiro atoms. The maximum absolute atomic E-state index is 11.7. The fourth-order valence-electron chi connectivity index (χ4n) is 2.68. The Bertz CT molecular complexity index is 471. The SMILES string of the molecule is O=C(O)C1(N(c2ccccc2)S(=O)[O-])CCCCC1. The molecule has 104 valence electrons. The van der Waals surface area contributed by atoms with Crippen LogP contribution >= 0.6 is 0 Å². The van der Waals surface area contributed by atoms with Gasteiger partial charge in [0.1, 0.15) is 5.54 Å². The Morgan fingerprint density at radius 3 is 2.26 bits per heavy atom. The standard InChI is InChI=1S/C13H17NO4S/c15-12(16)13(9-5-2-6-10-13)14(19(17)18)11-7-3-1-4-8-11/h1,3-4,7-8H,2,5-6,9-10H2,(H,15,16)(H,17,18)/p-1. The third-order valence-corrected chi connectivity index (χ3v) is 4.47. The van der Waals surface area contributed by atoms with Gasteiger partial charge in [0.25, 0.3) is 0 Å². The van der Waals surface area contributed by atoms with E-state index in [-0.39, 0.29) is 0 Å². The first-order valence-corrected chi connectivity index (χ1v) is 7.29. The van der Waals surface area contributed by atoms with Gasteiger partial charge in [-0.3, -0.25) is 8.51 Å². The Hall–Kier alpha value is -1.40. The Morgan fingerprint density at radius 1 is 1.21 bits per heavy atom. The molecule has 0 amide bonds. The van der Waals surface area contributed by atoms with Crippen molar-refractivity contribution >= 4 is 22.9 Å². The molecule has 1 atom stereocenters. The summed E-state index contributed by atoms with van der Waals surface area (Å²) in [5, 5.41) is 9.55. The molecule has 1 saturated carbocycles. The molecule has 1 N–H and O–H groups in total. The van der Waals surface area contributed by atoms with E-state index in [2.05, 4.69) is 0 Å². The second-order valence-corrected chi connectivity index (χ2v) is 5.54. The minimum atomic E-state index is -2.61. The summed E-state index contributed by atoms with van der Waals surface area (Å²) in [5.74, 6) is -1.07. The molecule has 1 unspecified atom stereocenters. The summed E-state index contributed by atoms with van der Waals surface area (Å²) in [5.41, 5.74) is -0.938. The van der Waals surface area contributed by atoms with Gasteiger partial charge in [0, 0.05) is 17.0 Å². The smallest absolute Gasteiger partial charge is 0.330 e. The second-order valence-electron chi connectivity index (χ2n) is 4.74. The number of rotatable bonds is 4. The minimum Gasteiger partial charge on any atom is -0.755 e. The molecule has 0 bridgehead atoms. The van der Waals surface area contributed by atoms with Crippen molar-refractivity contribution in [2.24, 2.45) is 0 Å². The van der Waals surface area contributed by atoms with Gasteiger partial charge in [-0.05, 0) is 25.0 Å². The Morgan fingerprint density at radius 2 is 1.79 bits per heavy atom. The first-order valence-electron chi connectivity index (χ1n) is 6.26. The zero-order valence-electron chi connectivity index (χ0n) is 10.4. The molecule has 0 aliphatic heterocycles. The van der Waals surface area contributed by atoms with E-state index in [0.717, 1.165) is 23.6 Å². The average molecular weight is 282 g/mol. The monoisotopic (exact) mass is 282 g/mol. The van der Waals surface area contributed by atoms with Crippen molar-refractivity contribution in [3.8, 4) is 0 Å². The number of hydrogen-bond donors (Lipinski definition) is 1. The third-order valence-electron chi connectivity index (χ3n) is 3.61. The van der Waals surface area contributed by atoms with Crippen LogP contribution in [0.3, 0.4) is 0 Å². The molecule has 0 heterocycles. The molecule has 0 aromatic heterocycles. The van der Waals surface area contributed by atoms with Crippen molar-refractivity contribution in [2.75, 3.05) is 4.31 Å². The van der Waals surface area contributed by atoms with E-state index < -0.39 is 22.8 Å². The second kappa shape index (κ2) is 5.71. The lowest BCUT2D eigenvalue weighted by atomic mass is 9.81. The molecular formula is C13H16NO4S-. The lowest BCUT2D eigenvalue weighted by Crippen LogP contribution is -2.56. The van der Waals surface area contributed by atoms with Crippen molar-refractivity contribution in [1.29, 1.82) is 0 Å². The Labute approximate surface area is 114 Å². The van der Waals surface area contributed by atoms with Crippen LogP contribution in [0.4, 0.5) is 5.69 Å². The number of para-hydroxylation sites is 1. The molecule has 1 aromatic carbocycles. The highest BCUT2D eigenvalue weighted by molar-refractivity contribution is 7.80. The molecule has 0 radical (unpaired) electrons. The van der Waals surface area contributed by atoms with Crippen molar-refractivity contribution in [3.63, 3.8) is 0 Å². The summed E-state index contributed by atoms with van der Waals surface area (Å²) in [6, 6.07) is 8.41. The van der Waals surface area contributed by atoms with Crippen LogP contribution in [0.1, 0.15) is 32.1 Å². The predicted molar refractivity (Wildman–Crippen MR) is 71.3 cm³/mol. The zero-order valence-corrected chi connectivity index (χ0v) is 11.3. The molecule has 1 fully saturated rings. The van der Waals surface area contributed by atoms with Crippen LogP contribution in [0.15, 0.2) is 30.3 Å². The van der Waals surface area contributed by atoms with Gasteiger partial charge < -0.3 is 9.66 Å². The van der Waals surface area contributed by atoms with E-state index in [4.69, 9.17) is 0 Å². The number of carboxylic acids is 1. The molecule has 2 rings (SSSR count). The molecule has 1 aliphatic carbocycles. The molecular weight excluding hydrogens is 266 g/mol. The van der Waals surface area contributed by atoms with Gasteiger partial charge in [-0.25, -0.2) is 4.79 Å². The van der Waals surface area contributed by atoms with Gasteiger partial charge >= 0.3 is 5.97 Å². The van der Waals surface area contributed by atoms with E-state index >= 15 is 0 Å². The fourth-order valence-corrected chi connectivity index (χ4v) is 3.52. The summed E-state index contributed by atoms with van der Waals surface area (Å²) in [7, 11) is 0. The summed E-state index contributed by atoms with van der Waals surface area (Å²) in [6.45, 7) is 0.